The van der Waals surface area contributed by atoms with Crippen LogP contribution in [0.15, 0.2) is 5.16 Å². The molecule has 2 aromatic heterocycles. The van der Waals surface area contributed by atoms with Crippen molar-refractivity contribution in [2.75, 3.05) is 11.1 Å². The second-order valence-electron chi connectivity index (χ2n) is 6.93. The van der Waals surface area contributed by atoms with Gasteiger partial charge in [0.1, 0.15) is 5.00 Å². The van der Waals surface area contributed by atoms with Crippen molar-refractivity contribution < 1.29 is 14.3 Å². The van der Waals surface area contributed by atoms with E-state index >= 15 is 0 Å². The average molecular weight is 410 g/mol. The van der Waals surface area contributed by atoms with Gasteiger partial charge in [-0.15, -0.1) is 16.4 Å². The molecule has 2 aromatic rings. The van der Waals surface area contributed by atoms with Crippen LogP contribution in [0, 0.1) is 5.92 Å². The molecule has 0 saturated heterocycles. The van der Waals surface area contributed by atoms with Crippen LogP contribution >= 0.6 is 23.1 Å². The molecule has 0 aromatic carbocycles. The third kappa shape index (κ3) is 4.67. The molecule has 1 N–H and O–H groups in total. The normalized spacial score (nSPS) is 16.3. The number of hydrogen-bond donors (Lipinski definition) is 1. The third-order valence-electron chi connectivity index (χ3n) is 4.23. The van der Waals surface area contributed by atoms with Crippen molar-refractivity contribution >= 4 is 40.0 Å². The van der Waals surface area contributed by atoms with Gasteiger partial charge >= 0.3 is 5.97 Å². The molecule has 0 fully saturated rings. The van der Waals surface area contributed by atoms with Gasteiger partial charge in [0.15, 0.2) is 0 Å². The Kier molecular flexibility index (Phi) is 6.15. The number of amides is 1. The van der Waals surface area contributed by atoms with E-state index in [0.717, 1.165) is 24.8 Å². The van der Waals surface area contributed by atoms with Crippen LogP contribution in [0.25, 0.3) is 0 Å². The van der Waals surface area contributed by atoms with Gasteiger partial charge in [-0.2, -0.15) is 0 Å². The number of fused-ring (bicyclic) bond motifs is 1. The number of carbonyl (C=O) groups excluding carboxylic acids is 2. The highest BCUT2D eigenvalue weighted by Crippen LogP contribution is 2.40. The first-order valence-corrected chi connectivity index (χ1v) is 10.7. The lowest BCUT2D eigenvalue weighted by Gasteiger charge is -2.18. The summed E-state index contributed by atoms with van der Waals surface area (Å²) in [4.78, 5) is 26.3. The molecule has 8 nitrogen and oxygen atoms in total. The van der Waals surface area contributed by atoms with Crippen molar-refractivity contribution in [3.8, 4) is 0 Å². The summed E-state index contributed by atoms with van der Waals surface area (Å²) in [6, 6.07) is 0. The topological polar surface area (TPSA) is 99.0 Å². The summed E-state index contributed by atoms with van der Waals surface area (Å²) in [7, 11) is 1.72. The summed E-state index contributed by atoms with van der Waals surface area (Å²) in [5.41, 5.74) is 1.55. The Hall–Kier alpha value is -1.94. The van der Waals surface area contributed by atoms with Gasteiger partial charge in [0.25, 0.3) is 0 Å². The number of nitrogens with zero attached hydrogens (tertiary/aromatic N) is 4. The van der Waals surface area contributed by atoms with Gasteiger partial charge in [0, 0.05) is 11.9 Å². The van der Waals surface area contributed by atoms with Gasteiger partial charge in [-0.05, 0) is 55.0 Å². The minimum atomic E-state index is -0.363. The van der Waals surface area contributed by atoms with Crippen LogP contribution in [-0.4, -0.2) is 43.9 Å². The maximum atomic E-state index is 12.7. The zero-order valence-electron chi connectivity index (χ0n) is 15.8. The van der Waals surface area contributed by atoms with Crippen molar-refractivity contribution in [3.63, 3.8) is 0 Å². The standard InChI is InChI=1S/C17H23N5O3S2/c1-9(2)25-16(24)14-11-6-5-10(3)7-12(11)27-15(14)18-13(23)8-26-17-19-20-21-22(17)4/h9-10H,5-8H2,1-4H3,(H,18,23). The number of esters is 1. The molecule has 10 heteroatoms. The molecule has 146 valence electrons. The van der Waals surface area contributed by atoms with Crippen molar-refractivity contribution in [2.45, 2.75) is 51.3 Å². The fraction of sp³-hybridized carbons (Fsp3) is 0.588. The highest BCUT2D eigenvalue weighted by Gasteiger charge is 2.29. The van der Waals surface area contributed by atoms with E-state index in [2.05, 4.69) is 27.8 Å². The Labute approximate surface area is 166 Å². The first-order valence-electron chi connectivity index (χ1n) is 8.85. The third-order valence-corrected chi connectivity index (χ3v) is 6.41. The fourth-order valence-corrected chi connectivity index (χ4v) is 5.03. The molecule has 1 aliphatic rings. The maximum Gasteiger partial charge on any atom is 0.341 e. The van der Waals surface area contributed by atoms with Gasteiger partial charge in [0.05, 0.1) is 17.4 Å². The van der Waals surface area contributed by atoms with Crippen LogP contribution in [0.4, 0.5) is 5.00 Å². The Bertz CT molecular complexity index is 846. The van der Waals surface area contributed by atoms with E-state index in [1.165, 1.54) is 32.7 Å². The second kappa shape index (κ2) is 8.39. The van der Waals surface area contributed by atoms with Crippen molar-refractivity contribution in [2.24, 2.45) is 13.0 Å². The fourth-order valence-electron chi connectivity index (χ4n) is 2.96. The predicted octanol–water partition coefficient (Wildman–Crippen LogP) is 2.69. The SMILES string of the molecule is CC1CCc2c(sc(NC(=O)CSc3nnnn3C)c2C(=O)OC(C)C)C1. The van der Waals surface area contributed by atoms with Crippen LogP contribution in [0.3, 0.4) is 0 Å². The lowest BCUT2D eigenvalue weighted by atomic mass is 9.88. The monoisotopic (exact) mass is 409 g/mol. The number of rotatable bonds is 6. The van der Waals surface area contributed by atoms with E-state index in [4.69, 9.17) is 4.74 Å². The molecule has 0 radical (unpaired) electrons. The first kappa shape index (κ1) is 19.8. The van der Waals surface area contributed by atoms with E-state index in [1.807, 2.05) is 13.8 Å². The van der Waals surface area contributed by atoms with E-state index in [0.29, 0.717) is 21.6 Å². The lowest BCUT2D eigenvalue weighted by molar-refractivity contribution is -0.113. The number of ether oxygens (including phenoxy) is 1. The molecule has 1 aliphatic carbocycles. The summed E-state index contributed by atoms with van der Waals surface area (Å²) in [6.45, 7) is 5.85. The summed E-state index contributed by atoms with van der Waals surface area (Å²) >= 11 is 2.73. The Morgan fingerprint density at radius 1 is 1.44 bits per heavy atom. The molecule has 1 unspecified atom stereocenters. The van der Waals surface area contributed by atoms with Gasteiger partial charge < -0.3 is 10.1 Å². The number of carbonyl (C=O) groups is 2. The smallest absolute Gasteiger partial charge is 0.341 e. The number of nitrogens with one attached hydrogen (secondary N) is 1. The minimum absolute atomic E-state index is 0.159. The molecule has 1 amide bonds. The minimum Gasteiger partial charge on any atom is -0.459 e. The van der Waals surface area contributed by atoms with Crippen LogP contribution in [0.1, 0.15) is 48.0 Å². The van der Waals surface area contributed by atoms with Crippen LogP contribution in [0.5, 0.6) is 0 Å². The van der Waals surface area contributed by atoms with Gasteiger partial charge in [-0.25, -0.2) is 9.48 Å². The maximum absolute atomic E-state index is 12.7. The van der Waals surface area contributed by atoms with E-state index in [9.17, 15) is 9.59 Å². The van der Waals surface area contributed by atoms with Crippen LogP contribution < -0.4 is 5.32 Å². The average Bonchev–Trinajstić information content (AvgIpc) is 3.14. The molecule has 3 rings (SSSR count). The van der Waals surface area contributed by atoms with Crippen molar-refractivity contribution in [3.05, 3.63) is 16.0 Å². The van der Waals surface area contributed by atoms with Crippen LogP contribution in [-0.2, 0) is 29.4 Å². The first-order chi connectivity index (χ1) is 12.8. The quantitative estimate of drug-likeness (QED) is 0.578. The predicted molar refractivity (Wildman–Crippen MR) is 104 cm³/mol. The molecular formula is C17H23N5O3S2. The summed E-state index contributed by atoms with van der Waals surface area (Å²) in [5, 5.41) is 15.2. The van der Waals surface area contributed by atoms with Gasteiger partial charge in [-0.3, -0.25) is 4.79 Å². The van der Waals surface area contributed by atoms with Gasteiger partial charge in [-0.1, -0.05) is 18.7 Å². The Morgan fingerprint density at radius 3 is 2.89 bits per heavy atom. The van der Waals surface area contributed by atoms with Crippen LogP contribution in [0.2, 0.25) is 0 Å². The number of hydrogen-bond acceptors (Lipinski definition) is 8. The van der Waals surface area contributed by atoms with E-state index in [1.54, 1.807) is 7.05 Å². The Morgan fingerprint density at radius 2 is 2.22 bits per heavy atom. The molecule has 0 spiro atoms. The lowest BCUT2D eigenvalue weighted by Crippen LogP contribution is -2.19. The molecule has 0 saturated carbocycles. The number of aryl methyl sites for hydroxylation is 1. The summed E-state index contributed by atoms with van der Waals surface area (Å²) in [5.74, 6) is 0.171. The molecule has 0 bridgehead atoms. The summed E-state index contributed by atoms with van der Waals surface area (Å²) in [6.07, 6.45) is 2.59. The van der Waals surface area contributed by atoms with E-state index in [-0.39, 0.29) is 23.7 Å². The molecule has 1 atom stereocenters. The highest BCUT2D eigenvalue weighted by atomic mass is 32.2. The number of anilines is 1. The number of thioether (sulfide) groups is 1. The van der Waals surface area contributed by atoms with Crippen molar-refractivity contribution in [1.82, 2.24) is 20.2 Å². The summed E-state index contributed by atoms with van der Waals surface area (Å²) < 4.78 is 6.93. The number of aromatic nitrogens is 4. The second-order valence-corrected chi connectivity index (χ2v) is 8.98. The largest absolute Gasteiger partial charge is 0.459 e. The molecular weight excluding hydrogens is 386 g/mol. The van der Waals surface area contributed by atoms with Crippen molar-refractivity contribution in [1.29, 1.82) is 0 Å². The molecule has 0 aliphatic heterocycles. The Balaban J connectivity index is 1.78. The molecule has 2 heterocycles. The van der Waals surface area contributed by atoms with Gasteiger partial charge in [0.2, 0.25) is 11.1 Å². The zero-order valence-corrected chi connectivity index (χ0v) is 17.4. The van der Waals surface area contributed by atoms with E-state index < -0.39 is 0 Å². The number of tetrazole rings is 1. The number of thiophene rings is 1. The zero-order chi connectivity index (χ0) is 19.6. The molecule has 27 heavy (non-hydrogen) atoms. The highest BCUT2D eigenvalue weighted by molar-refractivity contribution is 7.99.